The summed E-state index contributed by atoms with van der Waals surface area (Å²) in [6.07, 6.45) is 0. The van der Waals surface area contributed by atoms with E-state index in [1.54, 1.807) is 17.4 Å². The summed E-state index contributed by atoms with van der Waals surface area (Å²) in [4.78, 5) is 2.65. The van der Waals surface area contributed by atoms with Crippen LogP contribution in [0.15, 0.2) is 34.8 Å². The second kappa shape index (κ2) is 5.76. The Morgan fingerprint density at radius 2 is 2.06 bits per heavy atom. The number of benzene rings is 1. The van der Waals surface area contributed by atoms with E-state index in [9.17, 15) is 4.39 Å². The van der Waals surface area contributed by atoms with Crippen LogP contribution in [0.2, 0.25) is 0 Å². The van der Waals surface area contributed by atoms with Gasteiger partial charge in [0.1, 0.15) is 5.82 Å². The first-order valence-corrected chi connectivity index (χ1v) is 6.96. The SMILES string of the molecule is Cc1ccc(CNCc2ccc(F)c(Br)c2)s1. The maximum atomic E-state index is 13.0. The van der Waals surface area contributed by atoms with E-state index in [1.807, 2.05) is 6.07 Å². The van der Waals surface area contributed by atoms with Crippen LogP contribution >= 0.6 is 27.3 Å². The van der Waals surface area contributed by atoms with Gasteiger partial charge in [-0.2, -0.15) is 0 Å². The van der Waals surface area contributed by atoms with E-state index in [2.05, 4.69) is 40.3 Å². The van der Waals surface area contributed by atoms with Crippen molar-refractivity contribution in [2.75, 3.05) is 0 Å². The van der Waals surface area contributed by atoms with E-state index in [0.29, 0.717) is 4.47 Å². The van der Waals surface area contributed by atoms with Crippen molar-refractivity contribution in [3.8, 4) is 0 Å². The average molecular weight is 314 g/mol. The van der Waals surface area contributed by atoms with E-state index in [4.69, 9.17) is 0 Å². The molecule has 0 saturated heterocycles. The number of nitrogens with one attached hydrogen (secondary N) is 1. The summed E-state index contributed by atoms with van der Waals surface area (Å²) >= 11 is 4.98. The quantitative estimate of drug-likeness (QED) is 0.890. The summed E-state index contributed by atoms with van der Waals surface area (Å²) in [7, 11) is 0. The van der Waals surface area contributed by atoms with Gasteiger partial charge in [-0.15, -0.1) is 11.3 Å². The Morgan fingerprint density at radius 3 is 2.71 bits per heavy atom. The lowest BCUT2D eigenvalue weighted by Crippen LogP contribution is -2.11. The molecule has 0 amide bonds. The molecule has 17 heavy (non-hydrogen) atoms. The summed E-state index contributed by atoms with van der Waals surface area (Å²) in [5.74, 6) is -0.220. The first kappa shape index (κ1) is 12.7. The minimum atomic E-state index is -0.220. The highest BCUT2D eigenvalue weighted by Crippen LogP contribution is 2.17. The number of rotatable bonds is 4. The zero-order chi connectivity index (χ0) is 12.3. The van der Waals surface area contributed by atoms with Crippen LogP contribution in [0.1, 0.15) is 15.3 Å². The Morgan fingerprint density at radius 1 is 1.24 bits per heavy atom. The lowest BCUT2D eigenvalue weighted by Gasteiger charge is -2.04. The second-order valence-electron chi connectivity index (χ2n) is 3.86. The molecule has 90 valence electrons. The summed E-state index contributed by atoms with van der Waals surface area (Å²) in [6, 6.07) is 9.34. The summed E-state index contributed by atoms with van der Waals surface area (Å²) in [5, 5.41) is 3.35. The molecule has 0 saturated carbocycles. The minimum absolute atomic E-state index is 0.220. The van der Waals surface area contributed by atoms with Gasteiger partial charge in [0.15, 0.2) is 0 Å². The highest BCUT2D eigenvalue weighted by atomic mass is 79.9. The Kier molecular flexibility index (Phi) is 4.31. The van der Waals surface area contributed by atoms with Crippen LogP contribution in [-0.2, 0) is 13.1 Å². The van der Waals surface area contributed by atoms with Crippen LogP contribution in [0.3, 0.4) is 0 Å². The molecule has 0 aliphatic rings. The molecule has 1 aromatic heterocycles. The number of thiophene rings is 1. The van der Waals surface area contributed by atoms with E-state index < -0.39 is 0 Å². The molecular formula is C13H13BrFNS. The van der Waals surface area contributed by atoms with Crippen molar-refractivity contribution in [2.45, 2.75) is 20.0 Å². The molecule has 0 aliphatic carbocycles. The van der Waals surface area contributed by atoms with E-state index in [0.717, 1.165) is 18.7 Å². The van der Waals surface area contributed by atoms with E-state index in [-0.39, 0.29) is 5.82 Å². The predicted molar refractivity (Wildman–Crippen MR) is 73.7 cm³/mol. The molecule has 4 heteroatoms. The molecule has 0 fully saturated rings. The highest BCUT2D eigenvalue weighted by molar-refractivity contribution is 9.10. The molecule has 2 aromatic rings. The van der Waals surface area contributed by atoms with Gasteiger partial charge in [0, 0.05) is 22.8 Å². The van der Waals surface area contributed by atoms with Crippen molar-refractivity contribution in [1.29, 1.82) is 0 Å². The molecule has 0 spiro atoms. The van der Waals surface area contributed by atoms with E-state index >= 15 is 0 Å². The molecular weight excluding hydrogens is 301 g/mol. The smallest absolute Gasteiger partial charge is 0.137 e. The third kappa shape index (κ3) is 3.63. The van der Waals surface area contributed by atoms with Crippen LogP contribution in [0.25, 0.3) is 0 Å². The maximum absolute atomic E-state index is 13.0. The van der Waals surface area contributed by atoms with Crippen molar-refractivity contribution < 1.29 is 4.39 Å². The molecule has 0 atom stereocenters. The molecule has 0 bridgehead atoms. The summed E-state index contributed by atoms with van der Waals surface area (Å²) < 4.78 is 13.5. The first-order valence-electron chi connectivity index (χ1n) is 5.35. The lowest BCUT2D eigenvalue weighted by atomic mass is 10.2. The Hall–Kier alpha value is -0.710. The first-order chi connectivity index (χ1) is 8.15. The molecule has 1 aromatic carbocycles. The normalized spacial score (nSPS) is 10.8. The monoisotopic (exact) mass is 313 g/mol. The van der Waals surface area contributed by atoms with Crippen LogP contribution < -0.4 is 5.32 Å². The van der Waals surface area contributed by atoms with Crippen molar-refractivity contribution in [3.63, 3.8) is 0 Å². The largest absolute Gasteiger partial charge is 0.308 e. The Balaban J connectivity index is 1.87. The molecule has 1 heterocycles. The molecule has 0 aliphatic heterocycles. The fourth-order valence-electron chi connectivity index (χ4n) is 1.56. The van der Waals surface area contributed by atoms with Crippen molar-refractivity contribution in [3.05, 3.63) is 55.9 Å². The predicted octanol–water partition coefficient (Wildman–Crippen LogP) is 4.25. The van der Waals surface area contributed by atoms with Crippen LogP contribution in [0, 0.1) is 12.7 Å². The third-order valence-corrected chi connectivity index (χ3v) is 4.02. The Labute approximate surface area is 113 Å². The van der Waals surface area contributed by atoms with Gasteiger partial charge in [-0.1, -0.05) is 6.07 Å². The van der Waals surface area contributed by atoms with Crippen molar-refractivity contribution >= 4 is 27.3 Å². The Bertz CT molecular complexity index is 510. The maximum Gasteiger partial charge on any atom is 0.137 e. The summed E-state index contributed by atoms with van der Waals surface area (Å²) in [6.45, 7) is 3.70. The van der Waals surface area contributed by atoms with Crippen LogP contribution in [-0.4, -0.2) is 0 Å². The minimum Gasteiger partial charge on any atom is -0.308 e. The van der Waals surface area contributed by atoms with Crippen molar-refractivity contribution in [1.82, 2.24) is 5.32 Å². The topological polar surface area (TPSA) is 12.0 Å². The van der Waals surface area contributed by atoms with Crippen LogP contribution in [0.5, 0.6) is 0 Å². The van der Waals surface area contributed by atoms with E-state index in [1.165, 1.54) is 15.8 Å². The van der Waals surface area contributed by atoms with Gasteiger partial charge in [0.25, 0.3) is 0 Å². The lowest BCUT2D eigenvalue weighted by molar-refractivity contribution is 0.618. The fraction of sp³-hybridized carbons (Fsp3) is 0.231. The molecule has 1 nitrogen and oxygen atoms in total. The van der Waals surface area contributed by atoms with Gasteiger partial charge in [-0.25, -0.2) is 4.39 Å². The number of hydrogen-bond acceptors (Lipinski definition) is 2. The number of hydrogen-bond donors (Lipinski definition) is 1. The van der Waals surface area contributed by atoms with Gasteiger partial charge in [-0.05, 0) is 52.7 Å². The van der Waals surface area contributed by atoms with Crippen LogP contribution in [0.4, 0.5) is 4.39 Å². The average Bonchev–Trinajstić information content (AvgIpc) is 2.70. The summed E-state index contributed by atoms with van der Waals surface area (Å²) in [5.41, 5.74) is 1.08. The van der Waals surface area contributed by atoms with Gasteiger partial charge in [0.05, 0.1) is 4.47 Å². The molecule has 1 N–H and O–H groups in total. The standard InChI is InChI=1S/C13H13BrFNS/c1-9-2-4-11(17-9)8-16-7-10-3-5-13(15)12(14)6-10/h2-6,16H,7-8H2,1H3. The number of halogens is 2. The van der Waals surface area contributed by atoms with Gasteiger partial charge < -0.3 is 5.32 Å². The number of aryl methyl sites for hydroxylation is 1. The molecule has 0 radical (unpaired) electrons. The van der Waals surface area contributed by atoms with Gasteiger partial charge in [-0.3, -0.25) is 0 Å². The third-order valence-electron chi connectivity index (χ3n) is 2.41. The molecule has 2 rings (SSSR count). The van der Waals surface area contributed by atoms with Gasteiger partial charge in [0.2, 0.25) is 0 Å². The zero-order valence-corrected chi connectivity index (χ0v) is 11.9. The van der Waals surface area contributed by atoms with Crippen molar-refractivity contribution in [2.24, 2.45) is 0 Å². The zero-order valence-electron chi connectivity index (χ0n) is 9.47. The second-order valence-corrected chi connectivity index (χ2v) is 6.09. The fourth-order valence-corrected chi connectivity index (χ4v) is 2.85. The molecule has 0 unspecified atom stereocenters. The highest BCUT2D eigenvalue weighted by Gasteiger charge is 2.01. The van der Waals surface area contributed by atoms with Gasteiger partial charge >= 0.3 is 0 Å².